The third-order valence-corrected chi connectivity index (χ3v) is 2.41. The molecule has 6 nitrogen and oxygen atoms in total. The SMILES string of the molecule is CC(=N)C1CCCN1C(=O)CNC=O.CCC.COC. The molecule has 0 bridgehead atoms. The molecular formula is C14H29N3O3. The molecule has 0 aromatic heterocycles. The summed E-state index contributed by atoms with van der Waals surface area (Å²) in [6.07, 6.45) is 3.57. The van der Waals surface area contributed by atoms with Crippen molar-refractivity contribution in [3.05, 3.63) is 0 Å². The van der Waals surface area contributed by atoms with Crippen molar-refractivity contribution in [1.82, 2.24) is 10.2 Å². The number of nitrogens with one attached hydrogen (secondary N) is 2. The Balaban J connectivity index is 0. The summed E-state index contributed by atoms with van der Waals surface area (Å²) < 4.78 is 4.25. The molecule has 2 N–H and O–H groups in total. The summed E-state index contributed by atoms with van der Waals surface area (Å²) >= 11 is 0. The van der Waals surface area contributed by atoms with E-state index >= 15 is 0 Å². The molecule has 1 atom stereocenters. The van der Waals surface area contributed by atoms with Crippen LogP contribution in [0, 0.1) is 5.41 Å². The fraction of sp³-hybridized carbons (Fsp3) is 0.786. The van der Waals surface area contributed by atoms with Crippen LogP contribution in [0.1, 0.15) is 40.0 Å². The normalized spacial score (nSPS) is 16.2. The van der Waals surface area contributed by atoms with Gasteiger partial charge in [-0.1, -0.05) is 20.3 Å². The fourth-order valence-electron chi connectivity index (χ4n) is 1.75. The molecule has 1 aliphatic rings. The van der Waals surface area contributed by atoms with Gasteiger partial charge in [0.05, 0.1) is 12.6 Å². The van der Waals surface area contributed by atoms with Crippen LogP contribution in [-0.2, 0) is 14.3 Å². The Morgan fingerprint density at radius 2 is 1.95 bits per heavy atom. The van der Waals surface area contributed by atoms with Gasteiger partial charge in [-0.25, -0.2) is 0 Å². The van der Waals surface area contributed by atoms with Crippen LogP contribution in [-0.4, -0.2) is 56.3 Å². The van der Waals surface area contributed by atoms with Crippen LogP contribution in [0.25, 0.3) is 0 Å². The van der Waals surface area contributed by atoms with Gasteiger partial charge in [0.1, 0.15) is 0 Å². The molecule has 0 spiro atoms. The first-order valence-corrected chi connectivity index (χ1v) is 6.91. The van der Waals surface area contributed by atoms with Gasteiger partial charge in [-0.15, -0.1) is 0 Å². The lowest BCUT2D eigenvalue weighted by molar-refractivity contribution is -0.131. The molecule has 118 valence electrons. The number of ether oxygens (including phenoxy) is 1. The summed E-state index contributed by atoms with van der Waals surface area (Å²) in [5.41, 5.74) is 0.516. The fourth-order valence-corrected chi connectivity index (χ4v) is 1.75. The van der Waals surface area contributed by atoms with E-state index in [-0.39, 0.29) is 18.5 Å². The van der Waals surface area contributed by atoms with Crippen LogP contribution in [0.5, 0.6) is 0 Å². The number of rotatable bonds is 4. The lowest BCUT2D eigenvalue weighted by Gasteiger charge is -2.23. The van der Waals surface area contributed by atoms with E-state index in [1.165, 1.54) is 6.42 Å². The maximum atomic E-state index is 11.5. The van der Waals surface area contributed by atoms with Crippen molar-refractivity contribution in [2.75, 3.05) is 27.3 Å². The molecule has 0 aliphatic carbocycles. The van der Waals surface area contributed by atoms with Gasteiger partial charge >= 0.3 is 0 Å². The Bertz CT molecular complexity index is 281. The first kappa shape index (κ1) is 20.9. The third-order valence-electron chi connectivity index (χ3n) is 2.41. The number of carbonyl (C=O) groups is 2. The Labute approximate surface area is 122 Å². The first-order chi connectivity index (χ1) is 9.49. The van der Waals surface area contributed by atoms with Crippen LogP contribution < -0.4 is 5.32 Å². The van der Waals surface area contributed by atoms with Crippen molar-refractivity contribution in [2.24, 2.45) is 0 Å². The van der Waals surface area contributed by atoms with Gasteiger partial charge in [0, 0.05) is 26.5 Å². The van der Waals surface area contributed by atoms with Gasteiger partial charge < -0.3 is 20.4 Å². The summed E-state index contributed by atoms with van der Waals surface area (Å²) in [7, 11) is 3.25. The number of hydrogen-bond acceptors (Lipinski definition) is 4. The Kier molecular flexibility index (Phi) is 14.6. The topological polar surface area (TPSA) is 82.5 Å². The highest BCUT2D eigenvalue weighted by atomic mass is 16.4. The molecule has 1 rings (SSSR count). The van der Waals surface area contributed by atoms with Crippen LogP contribution in [0.2, 0.25) is 0 Å². The van der Waals surface area contributed by atoms with Crippen LogP contribution in [0.4, 0.5) is 0 Å². The van der Waals surface area contributed by atoms with Crippen molar-refractivity contribution < 1.29 is 14.3 Å². The van der Waals surface area contributed by atoms with Crippen molar-refractivity contribution in [3.8, 4) is 0 Å². The summed E-state index contributed by atoms with van der Waals surface area (Å²) in [6.45, 7) is 6.69. The third kappa shape index (κ3) is 9.49. The molecule has 1 fully saturated rings. The maximum Gasteiger partial charge on any atom is 0.242 e. The van der Waals surface area contributed by atoms with Crippen molar-refractivity contribution in [1.29, 1.82) is 5.41 Å². The van der Waals surface area contributed by atoms with Crippen LogP contribution in [0.3, 0.4) is 0 Å². The van der Waals surface area contributed by atoms with E-state index in [9.17, 15) is 9.59 Å². The second-order valence-electron chi connectivity index (χ2n) is 4.54. The highest BCUT2D eigenvalue weighted by molar-refractivity contribution is 5.90. The van der Waals surface area contributed by atoms with E-state index in [2.05, 4.69) is 23.9 Å². The molecular weight excluding hydrogens is 258 g/mol. The smallest absolute Gasteiger partial charge is 0.242 e. The average molecular weight is 287 g/mol. The largest absolute Gasteiger partial charge is 0.388 e. The van der Waals surface area contributed by atoms with E-state index in [1.807, 2.05) is 0 Å². The van der Waals surface area contributed by atoms with Gasteiger partial charge in [0.2, 0.25) is 12.3 Å². The number of carbonyl (C=O) groups excluding carboxylic acids is 2. The number of likely N-dealkylation sites (tertiary alicyclic amines) is 1. The minimum atomic E-state index is -0.105. The lowest BCUT2D eigenvalue weighted by atomic mass is 10.1. The van der Waals surface area contributed by atoms with Crippen LogP contribution in [0.15, 0.2) is 0 Å². The van der Waals surface area contributed by atoms with Gasteiger partial charge in [0.25, 0.3) is 0 Å². The molecule has 0 radical (unpaired) electrons. The molecule has 1 unspecified atom stereocenters. The highest BCUT2D eigenvalue weighted by Crippen LogP contribution is 2.17. The van der Waals surface area contributed by atoms with Gasteiger partial charge in [0.15, 0.2) is 0 Å². The summed E-state index contributed by atoms with van der Waals surface area (Å²) in [4.78, 5) is 23.2. The summed E-state index contributed by atoms with van der Waals surface area (Å²) in [5.74, 6) is -0.105. The molecule has 6 heteroatoms. The number of hydrogen-bond donors (Lipinski definition) is 2. The summed E-state index contributed by atoms with van der Waals surface area (Å²) in [5, 5.41) is 9.85. The number of nitrogens with zero attached hydrogens (tertiary/aromatic N) is 1. The minimum Gasteiger partial charge on any atom is -0.388 e. The zero-order valence-electron chi connectivity index (χ0n) is 13.4. The highest BCUT2D eigenvalue weighted by Gasteiger charge is 2.29. The predicted molar refractivity (Wildman–Crippen MR) is 81.1 cm³/mol. The molecule has 1 heterocycles. The second kappa shape index (κ2) is 14.0. The molecule has 0 aromatic carbocycles. The zero-order chi connectivity index (χ0) is 16.0. The predicted octanol–water partition coefficient (Wildman–Crippen LogP) is 1.44. The number of methoxy groups -OCH3 is 1. The monoisotopic (exact) mass is 287 g/mol. The van der Waals surface area contributed by atoms with Crippen molar-refractivity contribution in [3.63, 3.8) is 0 Å². The molecule has 20 heavy (non-hydrogen) atoms. The number of amides is 2. The van der Waals surface area contributed by atoms with E-state index in [0.717, 1.165) is 12.8 Å². The molecule has 1 aliphatic heterocycles. The van der Waals surface area contributed by atoms with E-state index in [1.54, 1.807) is 26.0 Å². The van der Waals surface area contributed by atoms with E-state index < -0.39 is 0 Å². The summed E-state index contributed by atoms with van der Waals surface area (Å²) in [6, 6.07) is -0.0593. The molecule has 2 amide bonds. The maximum absolute atomic E-state index is 11.5. The van der Waals surface area contributed by atoms with Gasteiger partial charge in [-0.3, -0.25) is 9.59 Å². The standard InChI is InChI=1S/C9H15N3O2.C3H8.C2H6O/c1-7(10)8-3-2-4-12(8)9(14)5-11-6-13;2*1-3-2/h6,8,10H,2-5H2,1H3,(H,11,13);3H2,1-2H3;1-2H3. The van der Waals surface area contributed by atoms with Crippen molar-refractivity contribution >= 4 is 18.0 Å². The quantitative estimate of drug-likeness (QED) is 0.606. The van der Waals surface area contributed by atoms with E-state index in [4.69, 9.17) is 5.41 Å². The minimum absolute atomic E-state index is 0.0350. The average Bonchev–Trinajstić information content (AvgIpc) is 2.87. The van der Waals surface area contributed by atoms with Gasteiger partial charge in [-0.2, -0.15) is 0 Å². The van der Waals surface area contributed by atoms with Gasteiger partial charge in [-0.05, 0) is 19.8 Å². The van der Waals surface area contributed by atoms with Crippen molar-refractivity contribution in [2.45, 2.75) is 46.1 Å². The molecule has 0 aromatic rings. The van der Waals surface area contributed by atoms with Crippen LogP contribution >= 0.6 is 0 Å². The zero-order valence-corrected chi connectivity index (χ0v) is 13.4. The Morgan fingerprint density at radius 1 is 1.45 bits per heavy atom. The Morgan fingerprint density at radius 3 is 2.35 bits per heavy atom. The lowest BCUT2D eigenvalue weighted by Crippen LogP contribution is -2.43. The molecule has 0 saturated carbocycles. The first-order valence-electron chi connectivity index (χ1n) is 6.91. The molecule has 1 saturated heterocycles. The Hall–Kier alpha value is -1.43. The second-order valence-corrected chi connectivity index (χ2v) is 4.54. The van der Waals surface area contributed by atoms with E-state index in [0.29, 0.717) is 18.7 Å².